The minimum absolute atomic E-state index is 0.129. The highest BCUT2D eigenvalue weighted by atomic mass is 16.5. The van der Waals surface area contributed by atoms with E-state index in [0.717, 1.165) is 5.56 Å². The molecule has 0 amide bonds. The summed E-state index contributed by atoms with van der Waals surface area (Å²) in [5, 5.41) is 10.2. The van der Waals surface area contributed by atoms with Crippen LogP contribution in [-0.2, 0) is 19.7 Å². The third-order valence-electron chi connectivity index (χ3n) is 4.73. The number of benzene rings is 1. The second-order valence-corrected chi connectivity index (χ2v) is 10.7. The zero-order valence-electron chi connectivity index (χ0n) is 18.8. The molecule has 4 heteroatoms. The van der Waals surface area contributed by atoms with Crippen molar-refractivity contribution in [3.63, 3.8) is 0 Å². The molecule has 0 radical (unpaired) electrons. The van der Waals surface area contributed by atoms with Crippen LogP contribution in [0.5, 0.6) is 0 Å². The van der Waals surface area contributed by atoms with Gasteiger partial charge < -0.3 is 9.84 Å². The summed E-state index contributed by atoms with van der Waals surface area (Å²) < 4.78 is 5.77. The summed E-state index contributed by atoms with van der Waals surface area (Å²) in [6.45, 7) is 16.3. The maximum atomic E-state index is 13.6. The summed E-state index contributed by atoms with van der Waals surface area (Å²) in [4.78, 5) is 26.1. The van der Waals surface area contributed by atoms with E-state index < -0.39 is 23.3 Å². The van der Waals surface area contributed by atoms with Crippen LogP contribution < -0.4 is 0 Å². The van der Waals surface area contributed by atoms with Gasteiger partial charge in [0.25, 0.3) is 0 Å². The van der Waals surface area contributed by atoms with Gasteiger partial charge in [-0.05, 0) is 35.2 Å². The summed E-state index contributed by atoms with van der Waals surface area (Å²) in [5.74, 6) is -2.12. The Hall–Kier alpha value is -1.84. The molecule has 4 nitrogen and oxygen atoms in total. The SMILES string of the molecule is CC(C)CC(C(=O)OCC(C)(C)C)(c1ccccc1)C(CC(C)(C)C)C(=O)O. The molecular weight excluding hydrogens is 352 g/mol. The quantitative estimate of drug-likeness (QED) is 0.579. The topological polar surface area (TPSA) is 63.6 Å². The second-order valence-electron chi connectivity index (χ2n) is 10.7. The van der Waals surface area contributed by atoms with Gasteiger partial charge in [0.1, 0.15) is 5.41 Å². The van der Waals surface area contributed by atoms with Crippen molar-refractivity contribution < 1.29 is 19.4 Å². The average Bonchev–Trinajstić information content (AvgIpc) is 2.54. The third kappa shape index (κ3) is 6.65. The first-order chi connectivity index (χ1) is 12.7. The highest BCUT2D eigenvalue weighted by Crippen LogP contribution is 2.45. The van der Waals surface area contributed by atoms with E-state index in [1.165, 1.54) is 0 Å². The maximum Gasteiger partial charge on any atom is 0.317 e. The standard InChI is InChI=1S/C24H38O4/c1-17(2)14-24(18-12-10-9-11-13-18,21(27)28-16-23(6,7)8)19(20(25)26)15-22(3,4)5/h9-13,17,19H,14-16H2,1-8H3,(H,25,26). The molecule has 1 aromatic rings. The Morgan fingerprint density at radius 2 is 1.46 bits per heavy atom. The fraction of sp³-hybridized carbons (Fsp3) is 0.667. The zero-order chi connectivity index (χ0) is 21.8. The first kappa shape index (κ1) is 24.2. The second kappa shape index (κ2) is 9.11. The lowest BCUT2D eigenvalue weighted by molar-refractivity contribution is -0.165. The molecule has 0 aromatic heterocycles. The summed E-state index contributed by atoms with van der Waals surface area (Å²) in [6.07, 6.45) is 0.807. The molecule has 0 fully saturated rings. The molecule has 2 atom stereocenters. The molecule has 0 spiro atoms. The van der Waals surface area contributed by atoms with Crippen LogP contribution in [0.15, 0.2) is 30.3 Å². The Kier molecular flexibility index (Phi) is 7.87. The van der Waals surface area contributed by atoms with Crippen molar-refractivity contribution in [1.82, 2.24) is 0 Å². The molecule has 0 aliphatic carbocycles. The number of hydrogen-bond acceptors (Lipinski definition) is 3. The Morgan fingerprint density at radius 1 is 0.929 bits per heavy atom. The van der Waals surface area contributed by atoms with E-state index in [4.69, 9.17) is 4.74 Å². The van der Waals surface area contributed by atoms with Gasteiger partial charge in [0.05, 0.1) is 12.5 Å². The van der Waals surface area contributed by atoms with E-state index in [9.17, 15) is 14.7 Å². The Bertz CT molecular complexity index is 649. The zero-order valence-corrected chi connectivity index (χ0v) is 18.8. The maximum absolute atomic E-state index is 13.6. The van der Waals surface area contributed by atoms with Crippen molar-refractivity contribution in [2.45, 2.75) is 73.6 Å². The Balaban J connectivity index is 3.63. The Morgan fingerprint density at radius 3 is 1.86 bits per heavy atom. The van der Waals surface area contributed by atoms with Gasteiger partial charge in [0.2, 0.25) is 0 Å². The Labute approximate surface area is 170 Å². The lowest BCUT2D eigenvalue weighted by Crippen LogP contribution is -2.50. The van der Waals surface area contributed by atoms with E-state index in [2.05, 4.69) is 0 Å². The van der Waals surface area contributed by atoms with Crippen LogP contribution >= 0.6 is 0 Å². The van der Waals surface area contributed by atoms with E-state index in [1.807, 2.05) is 85.7 Å². The van der Waals surface area contributed by atoms with E-state index >= 15 is 0 Å². The molecular formula is C24H38O4. The number of carboxylic acids is 1. The molecule has 1 N–H and O–H groups in total. The molecule has 0 aliphatic rings. The van der Waals surface area contributed by atoms with Gasteiger partial charge in [-0.1, -0.05) is 85.7 Å². The highest BCUT2D eigenvalue weighted by molar-refractivity contribution is 5.90. The number of aliphatic carboxylic acids is 1. The van der Waals surface area contributed by atoms with Gasteiger partial charge in [-0.2, -0.15) is 0 Å². The van der Waals surface area contributed by atoms with Crippen molar-refractivity contribution in [2.75, 3.05) is 6.61 Å². The third-order valence-corrected chi connectivity index (χ3v) is 4.73. The number of rotatable bonds is 8. The van der Waals surface area contributed by atoms with Crippen LogP contribution in [0.4, 0.5) is 0 Å². The normalized spacial score (nSPS) is 15.8. The smallest absolute Gasteiger partial charge is 0.317 e. The van der Waals surface area contributed by atoms with Crippen LogP contribution in [-0.4, -0.2) is 23.7 Å². The number of ether oxygens (including phenoxy) is 1. The lowest BCUT2D eigenvalue weighted by Gasteiger charge is -2.41. The highest BCUT2D eigenvalue weighted by Gasteiger charge is 2.53. The van der Waals surface area contributed by atoms with Crippen LogP contribution in [0.1, 0.15) is 73.8 Å². The number of carbonyl (C=O) groups excluding carboxylic acids is 1. The van der Waals surface area contributed by atoms with Gasteiger partial charge in [-0.15, -0.1) is 0 Å². The van der Waals surface area contributed by atoms with E-state index in [-0.39, 0.29) is 23.4 Å². The van der Waals surface area contributed by atoms with E-state index in [0.29, 0.717) is 12.8 Å². The number of esters is 1. The molecule has 0 bridgehead atoms. The van der Waals surface area contributed by atoms with Crippen molar-refractivity contribution >= 4 is 11.9 Å². The minimum Gasteiger partial charge on any atom is -0.481 e. The van der Waals surface area contributed by atoms with Crippen molar-refractivity contribution in [3.05, 3.63) is 35.9 Å². The van der Waals surface area contributed by atoms with Gasteiger partial charge in [0, 0.05) is 0 Å². The fourth-order valence-corrected chi connectivity index (χ4v) is 3.68. The van der Waals surface area contributed by atoms with Crippen molar-refractivity contribution in [1.29, 1.82) is 0 Å². The molecule has 0 saturated carbocycles. The predicted molar refractivity (Wildman–Crippen MR) is 113 cm³/mol. The summed E-state index contributed by atoms with van der Waals surface area (Å²) in [5.41, 5.74) is -0.942. The predicted octanol–water partition coefficient (Wildman–Crippen LogP) is 5.70. The number of hydrogen-bond donors (Lipinski definition) is 1. The summed E-state index contributed by atoms with van der Waals surface area (Å²) >= 11 is 0. The minimum atomic E-state index is -1.22. The van der Waals surface area contributed by atoms with Crippen LogP contribution in [0.3, 0.4) is 0 Å². The molecule has 0 aliphatic heterocycles. The molecule has 2 unspecified atom stereocenters. The van der Waals surface area contributed by atoms with Gasteiger partial charge in [-0.25, -0.2) is 0 Å². The van der Waals surface area contributed by atoms with Crippen LogP contribution in [0.25, 0.3) is 0 Å². The number of carbonyl (C=O) groups is 2. The van der Waals surface area contributed by atoms with Crippen molar-refractivity contribution in [3.8, 4) is 0 Å². The van der Waals surface area contributed by atoms with Crippen molar-refractivity contribution in [2.24, 2.45) is 22.7 Å². The largest absolute Gasteiger partial charge is 0.481 e. The molecule has 158 valence electrons. The molecule has 0 saturated heterocycles. The first-order valence-electron chi connectivity index (χ1n) is 10.1. The molecule has 28 heavy (non-hydrogen) atoms. The summed E-state index contributed by atoms with van der Waals surface area (Å²) in [7, 11) is 0. The van der Waals surface area contributed by atoms with Gasteiger partial charge in [-0.3, -0.25) is 9.59 Å². The van der Waals surface area contributed by atoms with Crippen LogP contribution in [0.2, 0.25) is 0 Å². The first-order valence-corrected chi connectivity index (χ1v) is 10.1. The van der Waals surface area contributed by atoms with Gasteiger partial charge in [0.15, 0.2) is 0 Å². The number of carboxylic acid groups (broad SMARTS) is 1. The monoisotopic (exact) mass is 390 g/mol. The molecule has 0 heterocycles. The fourth-order valence-electron chi connectivity index (χ4n) is 3.68. The summed E-state index contributed by atoms with van der Waals surface area (Å²) in [6, 6.07) is 9.32. The average molecular weight is 391 g/mol. The molecule has 1 aromatic carbocycles. The van der Waals surface area contributed by atoms with Crippen LogP contribution in [0, 0.1) is 22.7 Å². The van der Waals surface area contributed by atoms with Gasteiger partial charge >= 0.3 is 11.9 Å². The van der Waals surface area contributed by atoms with E-state index in [1.54, 1.807) is 0 Å². The molecule has 1 rings (SSSR count). The lowest BCUT2D eigenvalue weighted by atomic mass is 9.62.